The molecule has 6 nitrogen and oxygen atoms in total. The molecule has 0 spiro atoms. The topological polar surface area (TPSA) is 65.7 Å². The van der Waals surface area contributed by atoms with E-state index in [1.807, 2.05) is 55.6 Å². The molecule has 158 valence electrons. The molecule has 0 unspecified atom stereocenters. The zero-order valence-corrected chi connectivity index (χ0v) is 18.3. The molecule has 5 rings (SSSR count). The van der Waals surface area contributed by atoms with Crippen LogP contribution in [0.25, 0.3) is 17.0 Å². The van der Waals surface area contributed by atoms with Crippen LogP contribution in [-0.2, 0) is 14.9 Å². The third kappa shape index (κ3) is 3.34. The highest BCUT2D eigenvalue weighted by molar-refractivity contribution is 7.10. The van der Waals surface area contributed by atoms with Crippen molar-refractivity contribution in [2.45, 2.75) is 25.2 Å². The number of pyridine rings is 1. The van der Waals surface area contributed by atoms with Gasteiger partial charge in [-0.25, -0.2) is 14.8 Å². The van der Waals surface area contributed by atoms with Crippen molar-refractivity contribution in [3.8, 4) is 11.4 Å². The smallest absolute Gasteiger partial charge is 0.337 e. The monoisotopic (exact) mass is 433 g/mol. The van der Waals surface area contributed by atoms with Crippen LogP contribution in [-0.4, -0.2) is 40.7 Å². The van der Waals surface area contributed by atoms with Crippen LogP contribution in [0.15, 0.2) is 54.0 Å². The highest BCUT2D eigenvalue weighted by Crippen LogP contribution is 2.43. The molecule has 1 aliphatic heterocycles. The number of benzene rings is 1. The second-order valence-electron chi connectivity index (χ2n) is 7.78. The molecule has 0 N–H and O–H groups in total. The van der Waals surface area contributed by atoms with Gasteiger partial charge in [0.1, 0.15) is 16.3 Å². The van der Waals surface area contributed by atoms with E-state index in [9.17, 15) is 4.79 Å². The zero-order valence-electron chi connectivity index (χ0n) is 17.5. The number of hydrogen-bond donors (Lipinski definition) is 0. The van der Waals surface area contributed by atoms with E-state index >= 15 is 0 Å². The van der Waals surface area contributed by atoms with Gasteiger partial charge in [0.25, 0.3) is 0 Å². The summed E-state index contributed by atoms with van der Waals surface area (Å²) in [5.74, 6) is -0.327. The van der Waals surface area contributed by atoms with Gasteiger partial charge in [0.15, 0.2) is 0 Å². The van der Waals surface area contributed by atoms with Gasteiger partial charge in [0.05, 0.1) is 29.5 Å². The van der Waals surface area contributed by atoms with Crippen molar-refractivity contribution in [3.05, 3.63) is 75.9 Å². The average molecular weight is 434 g/mol. The molecular formula is C24H23N3O3S. The highest BCUT2D eigenvalue weighted by Gasteiger charge is 2.39. The van der Waals surface area contributed by atoms with Gasteiger partial charge in [0.2, 0.25) is 0 Å². The first-order valence-corrected chi connectivity index (χ1v) is 11.2. The average Bonchev–Trinajstić information content (AvgIpc) is 3.43. The summed E-state index contributed by atoms with van der Waals surface area (Å²) >= 11 is 1.68. The lowest BCUT2D eigenvalue weighted by molar-refractivity contribution is 0.0597. The molecule has 1 saturated heterocycles. The number of esters is 1. The number of carbonyl (C=O) groups is 1. The summed E-state index contributed by atoms with van der Waals surface area (Å²) in [7, 11) is 1.40. The molecule has 0 aliphatic carbocycles. The standard InChI is InChI=1S/C24H23N3O3S/c1-16-21(27-12-4-3-5-20(27)25-16)19-15-31-23(26-19)24(10-13-30-14-11-24)18-8-6-17(7-9-18)22(28)29-2/h3-9,12,15H,10-11,13-14H2,1-2H3. The van der Waals surface area contributed by atoms with Crippen LogP contribution >= 0.6 is 11.3 Å². The molecular weight excluding hydrogens is 410 g/mol. The van der Waals surface area contributed by atoms with E-state index in [4.69, 9.17) is 14.5 Å². The Labute approximate surface area is 184 Å². The maximum atomic E-state index is 11.9. The molecule has 4 heterocycles. The van der Waals surface area contributed by atoms with E-state index in [-0.39, 0.29) is 11.4 Å². The number of imidazole rings is 1. The number of aromatic nitrogens is 3. The van der Waals surface area contributed by atoms with Gasteiger partial charge in [-0.15, -0.1) is 11.3 Å². The predicted molar refractivity (Wildman–Crippen MR) is 120 cm³/mol. The number of aryl methyl sites for hydroxylation is 1. The normalized spacial score (nSPS) is 15.8. The van der Waals surface area contributed by atoms with Crippen molar-refractivity contribution >= 4 is 23.0 Å². The molecule has 0 radical (unpaired) electrons. The lowest BCUT2D eigenvalue weighted by Gasteiger charge is -2.36. The van der Waals surface area contributed by atoms with E-state index in [0.29, 0.717) is 18.8 Å². The summed E-state index contributed by atoms with van der Waals surface area (Å²) in [5, 5.41) is 3.20. The van der Waals surface area contributed by atoms with Gasteiger partial charge < -0.3 is 9.47 Å². The Balaban J connectivity index is 1.58. The molecule has 1 aromatic carbocycles. The largest absolute Gasteiger partial charge is 0.465 e. The van der Waals surface area contributed by atoms with E-state index in [0.717, 1.165) is 46.1 Å². The summed E-state index contributed by atoms with van der Waals surface area (Å²) < 4.78 is 12.6. The van der Waals surface area contributed by atoms with Crippen molar-refractivity contribution in [2.24, 2.45) is 0 Å². The van der Waals surface area contributed by atoms with Gasteiger partial charge in [0, 0.05) is 24.8 Å². The third-order valence-electron chi connectivity index (χ3n) is 6.07. The lowest BCUT2D eigenvalue weighted by atomic mass is 9.74. The predicted octanol–water partition coefficient (Wildman–Crippen LogP) is 4.65. The minimum Gasteiger partial charge on any atom is -0.465 e. The number of thiazole rings is 1. The first-order chi connectivity index (χ1) is 15.1. The van der Waals surface area contributed by atoms with Crippen LogP contribution in [0.2, 0.25) is 0 Å². The fourth-order valence-corrected chi connectivity index (χ4v) is 5.50. The zero-order chi connectivity index (χ0) is 21.4. The summed E-state index contributed by atoms with van der Waals surface area (Å²) in [5.41, 5.74) is 5.32. The molecule has 3 aromatic heterocycles. The Morgan fingerprint density at radius 1 is 1.13 bits per heavy atom. The van der Waals surface area contributed by atoms with E-state index in [2.05, 4.69) is 14.8 Å². The summed E-state index contributed by atoms with van der Waals surface area (Å²) in [6.07, 6.45) is 3.73. The number of nitrogens with zero attached hydrogens (tertiary/aromatic N) is 3. The maximum Gasteiger partial charge on any atom is 0.337 e. The number of hydrogen-bond acceptors (Lipinski definition) is 6. The molecule has 0 amide bonds. The van der Waals surface area contributed by atoms with Gasteiger partial charge in [-0.3, -0.25) is 4.40 Å². The van der Waals surface area contributed by atoms with Crippen molar-refractivity contribution < 1.29 is 14.3 Å². The third-order valence-corrected chi connectivity index (χ3v) is 7.11. The first-order valence-electron chi connectivity index (χ1n) is 10.3. The molecule has 31 heavy (non-hydrogen) atoms. The van der Waals surface area contributed by atoms with E-state index < -0.39 is 0 Å². The number of fused-ring (bicyclic) bond motifs is 1. The number of ether oxygens (including phenoxy) is 2. The summed E-state index contributed by atoms with van der Waals surface area (Å²) in [4.78, 5) is 21.7. The lowest BCUT2D eigenvalue weighted by Crippen LogP contribution is -2.35. The Kier molecular flexibility index (Phi) is 5.08. The Hall–Kier alpha value is -3.03. The van der Waals surface area contributed by atoms with E-state index in [1.54, 1.807) is 11.3 Å². The fourth-order valence-electron chi connectivity index (χ4n) is 4.41. The Bertz CT molecular complexity index is 1240. The van der Waals surface area contributed by atoms with E-state index in [1.165, 1.54) is 7.11 Å². The van der Waals surface area contributed by atoms with Crippen LogP contribution < -0.4 is 0 Å². The van der Waals surface area contributed by atoms with Gasteiger partial charge in [-0.2, -0.15) is 0 Å². The second-order valence-corrected chi connectivity index (χ2v) is 8.63. The molecule has 7 heteroatoms. The van der Waals surface area contributed by atoms with Crippen LogP contribution in [0.5, 0.6) is 0 Å². The van der Waals surface area contributed by atoms with Gasteiger partial charge in [-0.1, -0.05) is 18.2 Å². The molecule has 1 fully saturated rings. The number of carbonyl (C=O) groups excluding carboxylic acids is 1. The second kappa shape index (κ2) is 7.90. The van der Waals surface area contributed by atoms with Gasteiger partial charge in [-0.05, 0) is 49.6 Å². The molecule has 0 saturated carbocycles. The molecule has 4 aromatic rings. The molecule has 0 atom stereocenters. The number of rotatable bonds is 4. The highest BCUT2D eigenvalue weighted by atomic mass is 32.1. The van der Waals surface area contributed by atoms with Crippen LogP contribution in [0, 0.1) is 6.92 Å². The van der Waals surface area contributed by atoms with Crippen molar-refractivity contribution in [2.75, 3.05) is 20.3 Å². The van der Waals surface area contributed by atoms with Crippen LogP contribution in [0.4, 0.5) is 0 Å². The quantitative estimate of drug-likeness (QED) is 0.438. The Morgan fingerprint density at radius 3 is 2.65 bits per heavy atom. The van der Waals surface area contributed by atoms with Crippen molar-refractivity contribution in [1.29, 1.82) is 0 Å². The molecule has 0 bridgehead atoms. The SMILES string of the molecule is COC(=O)c1ccc(C2(c3nc(-c4c(C)nc5ccccn45)cs3)CCOCC2)cc1. The number of methoxy groups -OCH3 is 1. The minimum atomic E-state index is -0.327. The van der Waals surface area contributed by atoms with Crippen molar-refractivity contribution in [1.82, 2.24) is 14.4 Å². The van der Waals surface area contributed by atoms with Crippen LogP contribution in [0.3, 0.4) is 0 Å². The summed E-state index contributed by atoms with van der Waals surface area (Å²) in [6.45, 7) is 3.39. The van der Waals surface area contributed by atoms with Crippen molar-refractivity contribution in [3.63, 3.8) is 0 Å². The maximum absolute atomic E-state index is 11.9. The first kappa shape index (κ1) is 19.9. The fraction of sp³-hybridized carbons (Fsp3) is 0.292. The van der Waals surface area contributed by atoms with Crippen LogP contribution in [0.1, 0.15) is 39.5 Å². The Morgan fingerprint density at radius 2 is 1.90 bits per heavy atom. The van der Waals surface area contributed by atoms with Gasteiger partial charge >= 0.3 is 5.97 Å². The summed E-state index contributed by atoms with van der Waals surface area (Å²) in [6, 6.07) is 13.7. The molecule has 1 aliphatic rings. The minimum absolute atomic E-state index is 0.232.